The van der Waals surface area contributed by atoms with Gasteiger partial charge in [-0.2, -0.15) is 0 Å². The van der Waals surface area contributed by atoms with Crippen molar-refractivity contribution in [3.8, 4) is 11.5 Å². The molecule has 4 unspecified atom stereocenters. The van der Waals surface area contributed by atoms with Gasteiger partial charge in [-0.1, -0.05) is 6.07 Å². The number of rotatable bonds is 7. The third-order valence-corrected chi connectivity index (χ3v) is 5.01. The van der Waals surface area contributed by atoms with E-state index in [0.717, 1.165) is 12.0 Å². The minimum Gasteiger partial charge on any atom is -0.550 e. The van der Waals surface area contributed by atoms with Gasteiger partial charge in [-0.15, -0.1) is 0 Å². The summed E-state index contributed by atoms with van der Waals surface area (Å²) < 4.78 is 16.0. The molecule has 7 nitrogen and oxygen atoms in total. The smallest absolute Gasteiger partial charge is 0.226 e. The van der Waals surface area contributed by atoms with Crippen molar-refractivity contribution in [3.05, 3.63) is 23.8 Å². The second kappa shape index (κ2) is 7.31. The molecule has 2 aliphatic rings. The zero-order chi connectivity index (χ0) is 18.0. The number of aliphatic carboxylic acids is 1. The maximum atomic E-state index is 12.4. The van der Waals surface area contributed by atoms with Crippen molar-refractivity contribution in [1.29, 1.82) is 0 Å². The van der Waals surface area contributed by atoms with E-state index < -0.39 is 23.9 Å². The largest absolute Gasteiger partial charge is 0.550 e. The first kappa shape index (κ1) is 17.5. The number of carboxylic acid groups (broad SMARTS) is 1. The van der Waals surface area contributed by atoms with Crippen LogP contribution in [0.15, 0.2) is 18.2 Å². The molecule has 3 rings (SSSR count). The molecular formula is C18H22NO6-. The van der Waals surface area contributed by atoms with Gasteiger partial charge in [0.05, 0.1) is 32.3 Å². The van der Waals surface area contributed by atoms with Gasteiger partial charge in [-0.25, -0.2) is 0 Å². The minimum absolute atomic E-state index is 0.276. The standard InChI is InChI=1S/C18H23NO6/c1-23-11-4-3-10(9-14(11)24-2)7-8-19-17(20)15-12-5-6-13(25-12)16(15)18(21)22/h3-4,9,12-13,15-16H,5-8H2,1-2H3,(H,19,20)(H,21,22)/p-1. The lowest BCUT2D eigenvalue weighted by Gasteiger charge is -2.27. The number of fused-ring (bicyclic) bond motifs is 2. The van der Waals surface area contributed by atoms with Crippen molar-refractivity contribution in [2.24, 2.45) is 11.8 Å². The zero-order valence-corrected chi connectivity index (χ0v) is 14.3. The van der Waals surface area contributed by atoms with E-state index in [1.165, 1.54) is 0 Å². The maximum Gasteiger partial charge on any atom is 0.226 e. The molecule has 136 valence electrons. The van der Waals surface area contributed by atoms with Gasteiger partial charge in [0.15, 0.2) is 11.5 Å². The fourth-order valence-electron chi connectivity index (χ4n) is 3.79. The summed E-state index contributed by atoms with van der Waals surface area (Å²) in [5.74, 6) is -1.71. The summed E-state index contributed by atoms with van der Waals surface area (Å²) in [6.07, 6.45) is 1.30. The van der Waals surface area contributed by atoms with Crippen LogP contribution in [-0.2, 0) is 20.7 Å². The molecule has 2 fully saturated rings. The first-order valence-electron chi connectivity index (χ1n) is 8.40. The molecule has 0 aromatic heterocycles. The third kappa shape index (κ3) is 3.42. The molecule has 0 spiro atoms. The molecule has 0 saturated carbocycles. The summed E-state index contributed by atoms with van der Waals surface area (Å²) >= 11 is 0. The second-order valence-corrected chi connectivity index (χ2v) is 6.39. The lowest BCUT2D eigenvalue weighted by Crippen LogP contribution is -2.48. The Bertz CT molecular complexity index is 661. The Hall–Kier alpha value is -2.28. The Labute approximate surface area is 146 Å². The van der Waals surface area contributed by atoms with Gasteiger partial charge in [0.25, 0.3) is 0 Å². The average Bonchev–Trinajstić information content (AvgIpc) is 3.22. The van der Waals surface area contributed by atoms with E-state index in [1.54, 1.807) is 14.2 Å². The predicted octanol–water partition coefficient (Wildman–Crippen LogP) is -0.0940. The average molecular weight is 348 g/mol. The number of carbonyl (C=O) groups is 2. The molecule has 2 saturated heterocycles. The van der Waals surface area contributed by atoms with Gasteiger partial charge < -0.3 is 29.4 Å². The number of carbonyl (C=O) groups excluding carboxylic acids is 2. The highest BCUT2D eigenvalue weighted by Crippen LogP contribution is 2.43. The second-order valence-electron chi connectivity index (χ2n) is 6.39. The van der Waals surface area contributed by atoms with Gasteiger partial charge in [-0.3, -0.25) is 4.79 Å². The number of benzene rings is 1. The van der Waals surface area contributed by atoms with E-state index in [4.69, 9.17) is 14.2 Å². The zero-order valence-electron chi connectivity index (χ0n) is 14.3. The molecule has 7 heteroatoms. The quantitative estimate of drug-likeness (QED) is 0.739. The molecule has 0 radical (unpaired) electrons. The first-order valence-corrected chi connectivity index (χ1v) is 8.40. The Morgan fingerprint density at radius 1 is 1.16 bits per heavy atom. The third-order valence-electron chi connectivity index (χ3n) is 5.01. The number of hydrogen-bond donors (Lipinski definition) is 1. The van der Waals surface area contributed by atoms with Crippen molar-refractivity contribution in [1.82, 2.24) is 5.32 Å². The summed E-state index contributed by atoms with van der Waals surface area (Å²) in [6, 6.07) is 5.57. The number of carboxylic acids is 1. The van der Waals surface area contributed by atoms with Crippen LogP contribution in [0.1, 0.15) is 18.4 Å². The monoisotopic (exact) mass is 348 g/mol. The highest BCUT2D eigenvalue weighted by molar-refractivity contribution is 5.86. The molecule has 2 bridgehead atoms. The number of amides is 1. The van der Waals surface area contributed by atoms with Crippen molar-refractivity contribution >= 4 is 11.9 Å². The highest BCUT2D eigenvalue weighted by atomic mass is 16.5. The van der Waals surface area contributed by atoms with Crippen LogP contribution < -0.4 is 19.9 Å². The van der Waals surface area contributed by atoms with Gasteiger partial charge in [0.2, 0.25) is 5.91 Å². The fraction of sp³-hybridized carbons (Fsp3) is 0.556. The number of ether oxygens (including phenoxy) is 3. The van der Waals surface area contributed by atoms with Crippen LogP contribution in [0, 0.1) is 11.8 Å². The number of nitrogens with one attached hydrogen (secondary N) is 1. The summed E-state index contributed by atoms with van der Waals surface area (Å²) in [7, 11) is 3.14. The van der Waals surface area contributed by atoms with E-state index in [2.05, 4.69) is 5.32 Å². The van der Waals surface area contributed by atoms with Crippen LogP contribution in [0.4, 0.5) is 0 Å². The van der Waals surface area contributed by atoms with Crippen molar-refractivity contribution in [3.63, 3.8) is 0 Å². The highest BCUT2D eigenvalue weighted by Gasteiger charge is 2.52. The summed E-state index contributed by atoms with van der Waals surface area (Å²) in [4.78, 5) is 23.8. The van der Waals surface area contributed by atoms with Crippen molar-refractivity contribution < 1.29 is 28.9 Å². The van der Waals surface area contributed by atoms with E-state index in [-0.39, 0.29) is 12.0 Å². The molecule has 1 N–H and O–H groups in total. The summed E-state index contributed by atoms with van der Waals surface area (Å²) in [5, 5.41) is 14.2. The van der Waals surface area contributed by atoms with Crippen molar-refractivity contribution in [2.75, 3.05) is 20.8 Å². The molecular weight excluding hydrogens is 326 g/mol. The molecule has 25 heavy (non-hydrogen) atoms. The van der Waals surface area contributed by atoms with Crippen LogP contribution in [0.5, 0.6) is 11.5 Å². The normalized spacial score (nSPS) is 27.1. The Morgan fingerprint density at radius 2 is 1.84 bits per heavy atom. The maximum absolute atomic E-state index is 12.4. The van der Waals surface area contributed by atoms with E-state index in [1.807, 2.05) is 18.2 Å². The lowest BCUT2D eigenvalue weighted by molar-refractivity contribution is -0.314. The molecule has 1 aromatic carbocycles. The number of hydrogen-bond acceptors (Lipinski definition) is 6. The Kier molecular flexibility index (Phi) is 5.13. The van der Waals surface area contributed by atoms with Crippen LogP contribution in [0.25, 0.3) is 0 Å². The molecule has 0 aliphatic carbocycles. The van der Waals surface area contributed by atoms with Gasteiger partial charge >= 0.3 is 0 Å². The molecule has 1 aromatic rings. The number of methoxy groups -OCH3 is 2. The van der Waals surface area contributed by atoms with Gasteiger partial charge in [0, 0.05) is 18.4 Å². The van der Waals surface area contributed by atoms with Crippen LogP contribution in [0.2, 0.25) is 0 Å². The van der Waals surface area contributed by atoms with Gasteiger partial charge in [0.1, 0.15) is 0 Å². The predicted molar refractivity (Wildman–Crippen MR) is 86.1 cm³/mol. The van der Waals surface area contributed by atoms with E-state index in [9.17, 15) is 14.7 Å². The Balaban J connectivity index is 1.57. The molecule has 1 amide bonds. The molecule has 2 aliphatic heterocycles. The Morgan fingerprint density at radius 3 is 2.48 bits per heavy atom. The summed E-state index contributed by atoms with van der Waals surface area (Å²) in [6.45, 7) is 0.405. The van der Waals surface area contributed by atoms with Crippen LogP contribution >= 0.6 is 0 Å². The molecule has 2 heterocycles. The van der Waals surface area contributed by atoms with E-state index >= 15 is 0 Å². The van der Waals surface area contributed by atoms with Crippen LogP contribution in [0.3, 0.4) is 0 Å². The van der Waals surface area contributed by atoms with E-state index in [0.29, 0.717) is 30.9 Å². The first-order chi connectivity index (χ1) is 12.0. The fourth-order valence-corrected chi connectivity index (χ4v) is 3.79. The minimum atomic E-state index is -1.20. The van der Waals surface area contributed by atoms with Crippen LogP contribution in [-0.4, -0.2) is 44.8 Å². The van der Waals surface area contributed by atoms with Gasteiger partial charge in [-0.05, 0) is 37.0 Å². The summed E-state index contributed by atoms with van der Waals surface area (Å²) in [5.41, 5.74) is 0.985. The topological polar surface area (TPSA) is 96.9 Å². The lowest BCUT2D eigenvalue weighted by atomic mass is 9.78. The van der Waals surface area contributed by atoms with Crippen molar-refractivity contribution in [2.45, 2.75) is 31.5 Å². The SMILES string of the molecule is COc1ccc(CCNC(=O)C2C3CCC(O3)C2C(=O)[O-])cc1OC. The molecule has 4 atom stereocenters.